The van der Waals surface area contributed by atoms with Crippen molar-refractivity contribution in [3.05, 3.63) is 69.8 Å². The van der Waals surface area contributed by atoms with Crippen LogP contribution in [0.15, 0.2) is 36.4 Å². The van der Waals surface area contributed by atoms with Crippen molar-refractivity contribution in [1.82, 2.24) is 10.6 Å². The van der Waals surface area contributed by atoms with Crippen LogP contribution in [0.25, 0.3) is 0 Å². The average Bonchev–Trinajstić information content (AvgIpc) is 3.15. The largest absolute Gasteiger partial charge is 0.288 e. The van der Waals surface area contributed by atoms with Gasteiger partial charge in [-0.25, -0.2) is 0 Å². The Morgan fingerprint density at radius 3 is 2.07 bits per heavy atom. The maximum absolute atomic E-state index is 13.8. The molecule has 4 amide bonds. The number of imide groups is 2. The van der Waals surface area contributed by atoms with E-state index in [9.17, 15) is 23.6 Å². The number of benzene rings is 2. The zero-order valence-corrected chi connectivity index (χ0v) is 14.9. The number of hydrogen-bond acceptors (Lipinski definition) is 4. The normalized spacial score (nSPS) is 15.9. The number of hydrogen-bond donors (Lipinski definition) is 2. The molecular weight excluding hydrogens is 363 g/mol. The Bertz CT molecular complexity index is 1030. The minimum Gasteiger partial charge on any atom is -0.288 e. The summed E-state index contributed by atoms with van der Waals surface area (Å²) in [6.45, 7) is -0.663. The third kappa shape index (κ3) is 2.89. The van der Waals surface area contributed by atoms with Crippen molar-refractivity contribution in [3.63, 3.8) is 0 Å². The fraction of sp³-hybridized carbons (Fsp3) is 0.238. The minimum atomic E-state index is -0.663. The van der Waals surface area contributed by atoms with Gasteiger partial charge in [-0.2, -0.15) is 0 Å². The van der Waals surface area contributed by atoms with E-state index >= 15 is 0 Å². The van der Waals surface area contributed by atoms with E-state index < -0.39 is 36.2 Å². The molecule has 0 radical (unpaired) electrons. The summed E-state index contributed by atoms with van der Waals surface area (Å²) >= 11 is 0. The number of carbonyl (C=O) groups is 4. The maximum atomic E-state index is 13.8. The lowest BCUT2D eigenvalue weighted by molar-refractivity contribution is 0.0862. The summed E-state index contributed by atoms with van der Waals surface area (Å²) in [5.74, 6) is -2.30. The fourth-order valence-electron chi connectivity index (χ4n) is 3.94. The second-order valence-corrected chi connectivity index (χ2v) is 6.92. The Morgan fingerprint density at radius 1 is 0.786 bits per heavy atom. The van der Waals surface area contributed by atoms with E-state index in [1.54, 1.807) is 36.4 Å². The van der Waals surface area contributed by atoms with Crippen LogP contribution in [-0.2, 0) is 6.42 Å². The summed E-state index contributed by atoms with van der Waals surface area (Å²) in [5, 5.41) is 4.53. The first-order chi connectivity index (χ1) is 13.5. The molecule has 0 saturated heterocycles. The Labute approximate surface area is 160 Å². The SMILES string of the molecule is O=C1NC(=O)c2c(CCCC(CF)c3cccc4c3C(=O)NC4=O)cccc21. The van der Waals surface area contributed by atoms with Crippen LogP contribution in [0.4, 0.5) is 4.39 Å². The van der Waals surface area contributed by atoms with Gasteiger partial charge in [0.05, 0.1) is 28.9 Å². The van der Waals surface area contributed by atoms with Crippen LogP contribution in [0.5, 0.6) is 0 Å². The predicted molar refractivity (Wildman–Crippen MR) is 98.1 cm³/mol. The van der Waals surface area contributed by atoms with Crippen LogP contribution in [0.3, 0.4) is 0 Å². The third-order valence-corrected chi connectivity index (χ3v) is 5.27. The summed E-state index contributed by atoms with van der Waals surface area (Å²) in [5.41, 5.74) is 2.53. The molecule has 0 fully saturated rings. The molecule has 0 aliphatic carbocycles. The molecule has 2 aliphatic heterocycles. The number of amides is 4. The van der Waals surface area contributed by atoms with Crippen molar-refractivity contribution >= 4 is 23.6 Å². The third-order valence-electron chi connectivity index (χ3n) is 5.27. The minimum absolute atomic E-state index is 0.251. The van der Waals surface area contributed by atoms with Gasteiger partial charge < -0.3 is 0 Å². The summed E-state index contributed by atoms with van der Waals surface area (Å²) in [7, 11) is 0. The van der Waals surface area contributed by atoms with E-state index in [0.29, 0.717) is 36.0 Å². The van der Waals surface area contributed by atoms with Crippen molar-refractivity contribution in [3.8, 4) is 0 Å². The first-order valence-electron chi connectivity index (χ1n) is 9.03. The first-order valence-corrected chi connectivity index (χ1v) is 9.03. The fourth-order valence-corrected chi connectivity index (χ4v) is 3.94. The molecule has 2 heterocycles. The lowest BCUT2D eigenvalue weighted by Crippen LogP contribution is -2.20. The van der Waals surface area contributed by atoms with Gasteiger partial charge in [-0.1, -0.05) is 24.3 Å². The standard InChI is InChI=1S/C21H17FN2O4/c22-10-12(13-7-3-9-15-17(13)21(28)24-19(15)26)6-1-4-11-5-2-8-14-16(11)20(27)23-18(14)25/h2-3,5,7-9,12H,1,4,6,10H2,(H,23,25,27)(H,24,26,28). The van der Waals surface area contributed by atoms with E-state index in [1.165, 1.54) is 0 Å². The number of rotatable bonds is 6. The topological polar surface area (TPSA) is 92.3 Å². The number of fused-ring (bicyclic) bond motifs is 2. The number of nitrogens with one attached hydrogen (secondary N) is 2. The van der Waals surface area contributed by atoms with Gasteiger partial charge in [-0.05, 0) is 42.5 Å². The monoisotopic (exact) mass is 380 g/mol. The Hall–Kier alpha value is -3.35. The molecule has 2 aliphatic rings. The molecule has 2 aromatic carbocycles. The van der Waals surface area contributed by atoms with Crippen molar-refractivity contribution < 1.29 is 23.6 Å². The molecule has 0 bridgehead atoms. The highest BCUT2D eigenvalue weighted by molar-refractivity contribution is 6.22. The van der Waals surface area contributed by atoms with Crippen molar-refractivity contribution in [2.24, 2.45) is 0 Å². The lowest BCUT2D eigenvalue weighted by atomic mass is 9.88. The second-order valence-electron chi connectivity index (χ2n) is 6.92. The van der Waals surface area contributed by atoms with Gasteiger partial charge in [0, 0.05) is 5.92 Å². The van der Waals surface area contributed by atoms with E-state index in [2.05, 4.69) is 10.6 Å². The molecule has 4 rings (SSSR count). The van der Waals surface area contributed by atoms with E-state index in [-0.39, 0.29) is 11.1 Å². The van der Waals surface area contributed by atoms with Gasteiger partial charge in [-0.15, -0.1) is 0 Å². The quantitative estimate of drug-likeness (QED) is 0.754. The van der Waals surface area contributed by atoms with Crippen molar-refractivity contribution in [2.75, 3.05) is 6.67 Å². The molecule has 28 heavy (non-hydrogen) atoms. The van der Waals surface area contributed by atoms with Gasteiger partial charge in [0.2, 0.25) is 0 Å². The molecule has 1 atom stereocenters. The van der Waals surface area contributed by atoms with Crippen molar-refractivity contribution in [1.29, 1.82) is 0 Å². The molecule has 2 aromatic rings. The lowest BCUT2D eigenvalue weighted by Gasteiger charge is -2.16. The predicted octanol–water partition coefficient (Wildman–Crippen LogP) is 2.53. The molecule has 7 heteroatoms. The molecule has 1 unspecified atom stereocenters. The molecule has 6 nitrogen and oxygen atoms in total. The first kappa shape index (κ1) is 18.0. The van der Waals surface area contributed by atoms with Gasteiger partial charge in [-0.3, -0.25) is 34.2 Å². The second kappa shape index (κ2) is 6.99. The van der Waals surface area contributed by atoms with Crippen LogP contribution in [0.1, 0.15) is 71.3 Å². The summed E-state index contributed by atoms with van der Waals surface area (Å²) in [4.78, 5) is 47.6. The van der Waals surface area contributed by atoms with Gasteiger partial charge in [0.25, 0.3) is 23.6 Å². The Kier molecular flexibility index (Phi) is 4.50. The van der Waals surface area contributed by atoms with E-state index in [0.717, 1.165) is 5.56 Å². The van der Waals surface area contributed by atoms with Gasteiger partial charge >= 0.3 is 0 Å². The summed E-state index contributed by atoms with van der Waals surface area (Å²) in [6, 6.07) is 9.99. The van der Waals surface area contributed by atoms with E-state index in [4.69, 9.17) is 0 Å². The highest BCUT2D eigenvalue weighted by Crippen LogP contribution is 2.31. The number of alkyl halides is 1. The van der Waals surface area contributed by atoms with E-state index in [1.807, 2.05) is 0 Å². The number of aryl methyl sites for hydroxylation is 1. The Morgan fingerprint density at radius 2 is 1.39 bits per heavy atom. The number of halogens is 1. The van der Waals surface area contributed by atoms with Crippen molar-refractivity contribution in [2.45, 2.75) is 25.2 Å². The van der Waals surface area contributed by atoms with Gasteiger partial charge in [0.15, 0.2) is 0 Å². The molecule has 0 spiro atoms. The zero-order valence-electron chi connectivity index (χ0n) is 14.9. The highest BCUT2D eigenvalue weighted by Gasteiger charge is 2.32. The van der Waals surface area contributed by atoms with Crippen LogP contribution in [0, 0.1) is 0 Å². The highest BCUT2D eigenvalue weighted by atomic mass is 19.1. The molecular formula is C21H17FN2O4. The smallest absolute Gasteiger partial charge is 0.259 e. The average molecular weight is 380 g/mol. The van der Waals surface area contributed by atoms with Crippen LogP contribution >= 0.6 is 0 Å². The molecule has 0 aromatic heterocycles. The van der Waals surface area contributed by atoms with Crippen LogP contribution in [-0.4, -0.2) is 30.3 Å². The molecule has 0 saturated carbocycles. The molecule has 2 N–H and O–H groups in total. The summed E-state index contributed by atoms with van der Waals surface area (Å²) in [6.07, 6.45) is 1.50. The van der Waals surface area contributed by atoms with Gasteiger partial charge in [0.1, 0.15) is 0 Å². The van der Waals surface area contributed by atoms with Crippen LogP contribution < -0.4 is 10.6 Å². The van der Waals surface area contributed by atoms with Crippen LogP contribution in [0.2, 0.25) is 0 Å². The number of carbonyl (C=O) groups excluding carboxylic acids is 4. The maximum Gasteiger partial charge on any atom is 0.259 e. The Balaban J connectivity index is 1.52. The molecule has 142 valence electrons. The summed E-state index contributed by atoms with van der Waals surface area (Å²) < 4.78 is 13.8. The zero-order chi connectivity index (χ0) is 19.8.